The van der Waals surface area contributed by atoms with Crippen molar-refractivity contribution in [3.8, 4) is 0 Å². The molecule has 1 heterocycles. The minimum atomic E-state index is -0.403. The molecule has 0 aliphatic heterocycles. The standard InChI is InChI=1S/C12H13BrFN5O2S.C4H9N/c1-22-5-4-15-11-10(18-21-19-11)12(17-20)16-7-2-3-9(14)8(13)6-7;5-3-4-1-2-4/h2-3,6,20H,4-5H2,1H3,(H,15,19)(H,16,17);4H,1-3,5H2. The van der Waals surface area contributed by atoms with Gasteiger partial charge in [0.1, 0.15) is 5.82 Å². The highest BCUT2D eigenvalue weighted by molar-refractivity contribution is 9.10. The number of amidine groups is 1. The molecule has 11 heteroatoms. The lowest BCUT2D eigenvalue weighted by Crippen LogP contribution is -2.22. The average molecular weight is 461 g/mol. The monoisotopic (exact) mass is 460 g/mol. The molecule has 1 aliphatic rings. The number of nitrogens with two attached hydrogens (primary N) is 1. The fourth-order valence-corrected chi connectivity index (χ4v) is 2.57. The molecule has 0 amide bonds. The van der Waals surface area contributed by atoms with E-state index in [1.54, 1.807) is 11.8 Å². The van der Waals surface area contributed by atoms with Crippen LogP contribution < -0.4 is 16.5 Å². The summed E-state index contributed by atoms with van der Waals surface area (Å²) < 4.78 is 18.2. The van der Waals surface area contributed by atoms with Crippen molar-refractivity contribution < 1.29 is 14.2 Å². The minimum Gasteiger partial charge on any atom is -0.364 e. The third-order valence-electron chi connectivity index (χ3n) is 3.59. The Morgan fingerprint density at radius 3 is 2.81 bits per heavy atom. The summed E-state index contributed by atoms with van der Waals surface area (Å²) >= 11 is 4.75. The van der Waals surface area contributed by atoms with Crippen LogP contribution in [0.25, 0.3) is 0 Å². The van der Waals surface area contributed by atoms with Crippen LogP contribution >= 0.6 is 27.7 Å². The first-order valence-corrected chi connectivity index (χ1v) is 10.5. The molecular formula is C16H22BrFN6O2S. The number of hydrogen-bond acceptors (Lipinski definition) is 8. The smallest absolute Gasteiger partial charge is 0.202 e. The molecule has 2 aromatic rings. The second-order valence-electron chi connectivity index (χ2n) is 5.73. The van der Waals surface area contributed by atoms with Crippen LogP contribution in [0.15, 0.2) is 32.3 Å². The first-order valence-electron chi connectivity index (χ1n) is 8.28. The number of aromatic nitrogens is 2. The van der Waals surface area contributed by atoms with Crippen LogP contribution in [0.1, 0.15) is 18.5 Å². The summed E-state index contributed by atoms with van der Waals surface area (Å²) in [5.74, 6) is 1.77. The van der Waals surface area contributed by atoms with Crippen molar-refractivity contribution >= 4 is 45.0 Å². The number of hydroxylamine groups is 1. The van der Waals surface area contributed by atoms with Crippen LogP contribution in [0.3, 0.4) is 0 Å². The second-order valence-corrected chi connectivity index (χ2v) is 7.57. The molecule has 1 saturated carbocycles. The Hall–Kier alpha value is -1.69. The van der Waals surface area contributed by atoms with Crippen LogP contribution in [0.2, 0.25) is 0 Å². The Morgan fingerprint density at radius 2 is 2.26 bits per heavy atom. The molecular weight excluding hydrogens is 439 g/mol. The highest BCUT2D eigenvalue weighted by Crippen LogP contribution is 2.26. The van der Waals surface area contributed by atoms with E-state index in [0.29, 0.717) is 18.1 Å². The van der Waals surface area contributed by atoms with Gasteiger partial charge in [-0.25, -0.2) is 14.0 Å². The molecule has 148 valence electrons. The zero-order valence-electron chi connectivity index (χ0n) is 14.8. The Bertz CT molecular complexity index is 756. The maximum Gasteiger partial charge on any atom is 0.202 e. The van der Waals surface area contributed by atoms with Crippen molar-refractivity contribution in [2.45, 2.75) is 12.8 Å². The molecule has 3 rings (SSSR count). The lowest BCUT2D eigenvalue weighted by Gasteiger charge is -2.05. The van der Waals surface area contributed by atoms with Crippen molar-refractivity contribution in [1.82, 2.24) is 15.8 Å². The third kappa shape index (κ3) is 7.09. The van der Waals surface area contributed by atoms with Gasteiger partial charge < -0.3 is 11.1 Å². The Balaban J connectivity index is 0.000000451. The molecule has 0 atom stereocenters. The largest absolute Gasteiger partial charge is 0.364 e. The van der Waals surface area contributed by atoms with Crippen molar-refractivity contribution in [2.75, 3.05) is 30.4 Å². The molecule has 1 aliphatic carbocycles. The summed E-state index contributed by atoms with van der Waals surface area (Å²) in [5.41, 5.74) is 7.83. The summed E-state index contributed by atoms with van der Waals surface area (Å²) in [7, 11) is 0. The van der Waals surface area contributed by atoms with E-state index in [9.17, 15) is 9.60 Å². The lowest BCUT2D eigenvalue weighted by molar-refractivity contribution is 0.234. The number of aliphatic imine (C=N–C) groups is 1. The first-order chi connectivity index (χ1) is 13.1. The highest BCUT2D eigenvalue weighted by Gasteiger charge is 2.18. The van der Waals surface area contributed by atoms with E-state index in [1.807, 2.05) is 11.7 Å². The highest BCUT2D eigenvalue weighted by atomic mass is 79.9. The SMILES string of the molecule is CSCCNc1nonc1C(=Nc1ccc(F)c(Br)c1)NO.NCC1CC1. The second kappa shape index (κ2) is 11.2. The van der Waals surface area contributed by atoms with Gasteiger partial charge in [0.05, 0.1) is 10.2 Å². The van der Waals surface area contributed by atoms with Gasteiger partial charge in [-0.05, 0) is 76.0 Å². The summed E-state index contributed by atoms with van der Waals surface area (Å²) in [4.78, 5) is 4.16. The maximum atomic E-state index is 13.2. The zero-order chi connectivity index (χ0) is 19.6. The van der Waals surface area contributed by atoms with Gasteiger partial charge in [0.15, 0.2) is 11.5 Å². The Labute approximate surface area is 169 Å². The first kappa shape index (κ1) is 21.6. The fraction of sp³-hybridized carbons (Fsp3) is 0.438. The van der Waals surface area contributed by atoms with E-state index in [1.165, 1.54) is 31.0 Å². The number of nitrogens with one attached hydrogen (secondary N) is 2. The fourth-order valence-electron chi connectivity index (χ4n) is 1.90. The summed E-state index contributed by atoms with van der Waals surface area (Å²) in [6.45, 7) is 1.57. The predicted molar refractivity (Wildman–Crippen MR) is 108 cm³/mol. The van der Waals surface area contributed by atoms with E-state index >= 15 is 0 Å². The van der Waals surface area contributed by atoms with Gasteiger partial charge in [0, 0.05) is 12.3 Å². The van der Waals surface area contributed by atoms with Crippen LogP contribution in [-0.2, 0) is 0 Å². The number of rotatable bonds is 7. The van der Waals surface area contributed by atoms with Crippen LogP contribution in [-0.4, -0.2) is 46.5 Å². The molecule has 1 aromatic heterocycles. The molecule has 0 radical (unpaired) electrons. The van der Waals surface area contributed by atoms with Gasteiger partial charge in [-0.15, -0.1) is 0 Å². The molecule has 0 spiro atoms. The van der Waals surface area contributed by atoms with Gasteiger partial charge in [-0.3, -0.25) is 10.7 Å². The molecule has 0 bridgehead atoms. The van der Waals surface area contributed by atoms with E-state index in [4.69, 9.17) is 5.73 Å². The maximum absolute atomic E-state index is 13.2. The number of thioether (sulfide) groups is 1. The summed E-state index contributed by atoms with van der Waals surface area (Å²) in [5, 5.41) is 19.7. The normalized spacial score (nSPS) is 13.7. The average Bonchev–Trinajstić information content (AvgIpc) is 3.41. The number of nitrogens with zero attached hydrogens (tertiary/aromatic N) is 3. The zero-order valence-corrected chi connectivity index (χ0v) is 17.2. The Kier molecular flexibility index (Phi) is 8.98. The van der Waals surface area contributed by atoms with Gasteiger partial charge in [0.25, 0.3) is 0 Å². The predicted octanol–water partition coefficient (Wildman–Crippen LogP) is 3.16. The quantitative estimate of drug-likeness (QED) is 0.215. The third-order valence-corrected chi connectivity index (χ3v) is 4.81. The molecule has 8 nitrogen and oxygen atoms in total. The summed E-state index contributed by atoms with van der Waals surface area (Å²) in [6.07, 6.45) is 4.76. The molecule has 1 fully saturated rings. The van der Waals surface area contributed by atoms with Crippen molar-refractivity contribution in [1.29, 1.82) is 0 Å². The number of halogens is 2. The lowest BCUT2D eigenvalue weighted by atomic mass is 10.3. The number of anilines is 1. The van der Waals surface area contributed by atoms with Crippen LogP contribution in [0.5, 0.6) is 0 Å². The summed E-state index contributed by atoms with van der Waals surface area (Å²) in [6, 6.07) is 4.20. The molecule has 27 heavy (non-hydrogen) atoms. The number of hydrogen-bond donors (Lipinski definition) is 4. The van der Waals surface area contributed by atoms with Gasteiger partial charge >= 0.3 is 0 Å². The molecule has 0 saturated heterocycles. The van der Waals surface area contributed by atoms with E-state index in [-0.39, 0.29) is 16.0 Å². The Morgan fingerprint density at radius 1 is 1.48 bits per heavy atom. The van der Waals surface area contributed by atoms with Gasteiger partial charge in [-0.2, -0.15) is 11.8 Å². The van der Waals surface area contributed by atoms with Crippen LogP contribution in [0, 0.1) is 11.7 Å². The van der Waals surface area contributed by atoms with Gasteiger partial charge in [-0.1, -0.05) is 0 Å². The number of benzene rings is 1. The van der Waals surface area contributed by atoms with Gasteiger partial charge in [0.2, 0.25) is 5.82 Å². The minimum absolute atomic E-state index is 0.0337. The topological polar surface area (TPSA) is 122 Å². The van der Waals surface area contributed by atoms with Crippen molar-refractivity contribution in [2.24, 2.45) is 16.6 Å². The molecule has 5 N–H and O–H groups in total. The van der Waals surface area contributed by atoms with Crippen LogP contribution in [0.4, 0.5) is 15.9 Å². The molecule has 0 unspecified atom stereocenters. The van der Waals surface area contributed by atoms with E-state index in [0.717, 1.165) is 18.2 Å². The van der Waals surface area contributed by atoms with Crippen molar-refractivity contribution in [3.05, 3.63) is 34.2 Å². The van der Waals surface area contributed by atoms with E-state index in [2.05, 4.69) is 41.2 Å². The van der Waals surface area contributed by atoms with E-state index < -0.39 is 5.82 Å². The van der Waals surface area contributed by atoms with Crippen molar-refractivity contribution in [3.63, 3.8) is 0 Å². The molecule has 1 aromatic carbocycles.